The van der Waals surface area contributed by atoms with Crippen LogP contribution in [0.25, 0.3) is 0 Å². The molecule has 0 saturated carbocycles. The molecule has 0 N–H and O–H groups in total. The number of piperazine rings is 1. The molecule has 0 bridgehead atoms. The van der Waals surface area contributed by atoms with Gasteiger partial charge in [-0.2, -0.15) is 0 Å². The summed E-state index contributed by atoms with van der Waals surface area (Å²) in [6, 6.07) is 19.0. The lowest BCUT2D eigenvalue weighted by Crippen LogP contribution is -2.48. The van der Waals surface area contributed by atoms with Crippen molar-refractivity contribution >= 4 is 5.69 Å². The Morgan fingerprint density at radius 3 is 2.38 bits per heavy atom. The van der Waals surface area contributed by atoms with Crippen LogP contribution in [0.3, 0.4) is 0 Å². The molecule has 32 heavy (non-hydrogen) atoms. The van der Waals surface area contributed by atoms with Crippen molar-refractivity contribution in [1.82, 2.24) is 25.1 Å². The van der Waals surface area contributed by atoms with Gasteiger partial charge in [-0.15, -0.1) is 5.10 Å². The van der Waals surface area contributed by atoms with E-state index in [0.29, 0.717) is 5.92 Å². The molecule has 1 aliphatic rings. The Balaban J connectivity index is 1.46. The largest absolute Gasteiger partial charge is 0.495 e. The maximum absolute atomic E-state index is 5.58. The Bertz CT molecular complexity index is 965. The predicted molar refractivity (Wildman–Crippen MR) is 127 cm³/mol. The topological polar surface area (TPSA) is 59.3 Å². The van der Waals surface area contributed by atoms with E-state index in [0.717, 1.165) is 57.1 Å². The third-order valence-electron chi connectivity index (χ3n) is 6.19. The Kier molecular flexibility index (Phi) is 7.37. The minimum Gasteiger partial charge on any atom is -0.495 e. The van der Waals surface area contributed by atoms with Gasteiger partial charge in [0, 0.05) is 32.7 Å². The second-order valence-corrected chi connectivity index (χ2v) is 8.84. The number of ether oxygens (including phenoxy) is 1. The van der Waals surface area contributed by atoms with Crippen LogP contribution in [-0.4, -0.2) is 58.4 Å². The minimum absolute atomic E-state index is 0.223. The van der Waals surface area contributed by atoms with E-state index in [1.165, 1.54) is 11.3 Å². The second kappa shape index (κ2) is 10.6. The fraction of sp³-hybridized carbons (Fsp3) is 0.480. The highest BCUT2D eigenvalue weighted by atomic mass is 16.5. The van der Waals surface area contributed by atoms with E-state index in [1.54, 1.807) is 7.11 Å². The maximum atomic E-state index is 5.58. The van der Waals surface area contributed by atoms with Crippen molar-refractivity contribution in [2.75, 3.05) is 38.2 Å². The number of benzene rings is 2. The predicted octanol–water partition coefficient (Wildman–Crippen LogP) is 3.83. The molecule has 1 aromatic heterocycles. The van der Waals surface area contributed by atoms with Crippen LogP contribution in [0, 0.1) is 5.92 Å². The SMILES string of the molecule is COc1ccccc1N1CCN(C(CC(C)C)c2nnnn2CCc2ccccc2)CC1. The average Bonchev–Trinajstić information content (AvgIpc) is 3.30. The van der Waals surface area contributed by atoms with E-state index >= 15 is 0 Å². The lowest BCUT2D eigenvalue weighted by atomic mass is 10.0. The van der Waals surface area contributed by atoms with E-state index in [1.807, 2.05) is 16.8 Å². The third kappa shape index (κ3) is 5.27. The molecule has 170 valence electrons. The van der Waals surface area contributed by atoms with E-state index in [2.05, 4.69) is 81.6 Å². The van der Waals surface area contributed by atoms with Crippen LogP contribution in [-0.2, 0) is 13.0 Å². The zero-order chi connectivity index (χ0) is 22.3. The van der Waals surface area contributed by atoms with Crippen molar-refractivity contribution < 1.29 is 4.74 Å². The summed E-state index contributed by atoms with van der Waals surface area (Å²) in [6.07, 6.45) is 1.97. The van der Waals surface area contributed by atoms with Crippen molar-refractivity contribution in [2.45, 2.75) is 39.3 Å². The number of methoxy groups -OCH3 is 1. The summed E-state index contributed by atoms with van der Waals surface area (Å²) in [7, 11) is 1.74. The van der Waals surface area contributed by atoms with Gasteiger partial charge in [0.25, 0.3) is 0 Å². The van der Waals surface area contributed by atoms with Crippen LogP contribution >= 0.6 is 0 Å². The molecule has 0 aliphatic carbocycles. The number of hydrogen-bond acceptors (Lipinski definition) is 6. The number of rotatable bonds is 9. The standard InChI is InChI=1S/C25H34N6O/c1-20(2)19-23(25-26-27-28-31(25)14-13-21-9-5-4-6-10-21)30-17-15-29(16-18-30)22-11-7-8-12-24(22)32-3/h4-12,20,23H,13-19H2,1-3H3. The van der Waals surface area contributed by atoms with Crippen molar-refractivity contribution in [3.8, 4) is 5.75 Å². The van der Waals surface area contributed by atoms with Gasteiger partial charge in [0.1, 0.15) is 5.75 Å². The van der Waals surface area contributed by atoms with Gasteiger partial charge < -0.3 is 9.64 Å². The molecule has 2 heterocycles. The van der Waals surface area contributed by atoms with E-state index in [4.69, 9.17) is 4.74 Å². The lowest BCUT2D eigenvalue weighted by molar-refractivity contribution is 0.152. The van der Waals surface area contributed by atoms with Crippen LogP contribution in [0.2, 0.25) is 0 Å². The third-order valence-corrected chi connectivity index (χ3v) is 6.19. The van der Waals surface area contributed by atoms with Gasteiger partial charge >= 0.3 is 0 Å². The zero-order valence-corrected chi connectivity index (χ0v) is 19.4. The van der Waals surface area contributed by atoms with Crippen molar-refractivity contribution in [3.05, 3.63) is 66.0 Å². The van der Waals surface area contributed by atoms with Crippen molar-refractivity contribution in [2.24, 2.45) is 5.92 Å². The summed E-state index contributed by atoms with van der Waals surface area (Å²) in [6.45, 7) is 9.21. The normalized spacial score (nSPS) is 15.8. The summed E-state index contributed by atoms with van der Waals surface area (Å²) < 4.78 is 7.58. The van der Waals surface area contributed by atoms with Crippen LogP contribution in [0.15, 0.2) is 54.6 Å². The lowest BCUT2D eigenvalue weighted by Gasteiger charge is -2.40. The smallest absolute Gasteiger partial charge is 0.168 e. The van der Waals surface area contributed by atoms with Gasteiger partial charge in [0.2, 0.25) is 0 Å². The van der Waals surface area contributed by atoms with E-state index < -0.39 is 0 Å². The molecule has 2 aromatic carbocycles. The maximum Gasteiger partial charge on any atom is 0.168 e. The number of aromatic nitrogens is 4. The van der Waals surface area contributed by atoms with Crippen molar-refractivity contribution in [3.63, 3.8) is 0 Å². The first-order chi connectivity index (χ1) is 15.7. The molecule has 0 amide bonds. The molecule has 1 atom stereocenters. The van der Waals surface area contributed by atoms with Crippen LogP contribution < -0.4 is 9.64 Å². The Labute approximate surface area is 191 Å². The van der Waals surface area contributed by atoms with Crippen molar-refractivity contribution in [1.29, 1.82) is 0 Å². The zero-order valence-electron chi connectivity index (χ0n) is 19.4. The Morgan fingerprint density at radius 1 is 0.938 bits per heavy atom. The molecular weight excluding hydrogens is 400 g/mol. The summed E-state index contributed by atoms with van der Waals surface area (Å²) >= 11 is 0. The minimum atomic E-state index is 0.223. The molecule has 1 aliphatic heterocycles. The fourth-order valence-electron chi connectivity index (χ4n) is 4.52. The van der Waals surface area contributed by atoms with Gasteiger partial charge in [-0.3, -0.25) is 4.90 Å². The average molecular weight is 435 g/mol. The molecule has 0 spiro atoms. The first-order valence-corrected chi connectivity index (χ1v) is 11.6. The first-order valence-electron chi connectivity index (χ1n) is 11.6. The number of aryl methyl sites for hydroxylation is 2. The molecule has 1 fully saturated rings. The van der Waals surface area contributed by atoms with Gasteiger partial charge in [-0.05, 0) is 46.9 Å². The van der Waals surface area contributed by atoms with E-state index in [9.17, 15) is 0 Å². The van der Waals surface area contributed by atoms with E-state index in [-0.39, 0.29) is 6.04 Å². The van der Waals surface area contributed by atoms with Gasteiger partial charge in [-0.25, -0.2) is 4.68 Å². The van der Waals surface area contributed by atoms with Gasteiger partial charge in [0.15, 0.2) is 5.82 Å². The number of anilines is 1. The highest BCUT2D eigenvalue weighted by Crippen LogP contribution is 2.31. The Morgan fingerprint density at radius 2 is 1.66 bits per heavy atom. The molecule has 7 heteroatoms. The first kappa shape index (κ1) is 22.3. The van der Waals surface area contributed by atoms with Gasteiger partial charge in [0.05, 0.1) is 18.8 Å². The number of tetrazole rings is 1. The molecule has 4 rings (SSSR count). The molecule has 0 radical (unpaired) electrons. The van der Waals surface area contributed by atoms with Crippen LogP contribution in [0.5, 0.6) is 5.75 Å². The number of nitrogens with zero attached hydrogens (tertiary/aromatic N) is 6. The number of hydrogen-bond donors (Lipinski definition) is 0. The number of para-hydroxylation sites is 2. The highest BCUT2D eigenvalue weighted by Gasteiger charge is 2.30. The molecular formula is C25H34N6O. The fourth-order valence-corrected chi connectivity index (χ4v) is 4.52. The highest BCUT2D eigenvalue weighted by molar-refractivity contribution is 5.58. The summed E-state index contributed by atoms with van der Waals surface area (Å²) in [5.41, 5.74) is 2.47. The summed E-state index contributed by atoms with van der Waals surface area (Å²) in [5, 5.41) is 12.9. The van der Waals surface area contributed by atoms with Gasteiger partial charge in [-0.1, -0.05) is 56.3 Å². The summed E-state index contributed by atoms with van der Waals surface area (Å²) in [4.78, 5) is 4.97. The van der Waals surface area contributed by atoms with Crippen LogP contribution in [0.1, 0.15) is 37.7 Å². The quantitative estimate of drug-likeness (QED) is 0.510. The summed E-state index contributed by atoms with van der Waals surface area (Å²) in [5.74, 6) is 2.48. The second-order valence-electron chi connectivity index (χ2n) is 8.84. The molecule has 3 aromatic rings. The molecule has 1 unspecified atom stereocenters. The molecule has 7 nitrogen and oxygen atoms in total. The molecule has 1 saturated heterocycles. The monoisotopic (exact) mass is 434 g/mol. The van der Waals surface area contributed by atoms with Crippen LogP contribution in [0.4, 0.5) is 5.69 Å². The Hall–Kier alpha value is -2.93.